The number of phenolic OH excluding ortho intramolecular Hbond substituents is 1. The zero-order chi connectivity index (χ0) is 26.1. The van der Waals surface area contributed by atoms with E-state index in [-0.39, 0.29) is 41.2 Å². The fourth-order valence-corrected chi connectivity index (χ4v) is 3.98. The first-order valence-electron chi connectivity index (χ1n) is 11.4. The Kier molecular flexibility index (Phi) is 6.65. The standard InChI is InChI=1S/C25H29N5O6/c1-6-16(14-10-11-18-19(12-14)36-13-35-18)26-20-21(25(34)30(5)29(4)24(20)33)27-17-9-7-8-15(22(17)31)23(32)28(2)3/h7-12,16,26-27,31H,6,13H2,1-5H3/t16-/m1/s1. The molecule has 0 radical (unpaired) electrons. The first-order chi connectivity index (χ1) is 17.1. The fraction of sp³-hybridized carbons (Fsp3) is 0.320. The number of carbonyl (C=O) groups is 1. The summed E-state index contributed by atoms with van der Waals surface area (Å²) >= 11 is 0. The molecule has 0 saturated carbocycles. The first-order valence-corrected chi connectivity index (χ1v) is 11.4. The zero-order valence-corrected chi connectivity index (χ0v) is 20.8. The minimum absolute atomic E-state index is 0.0360. The van der Waals surface area contributed by atoms with E-state index in [1.165, 1.54) is 40.5 Å². The van der Waals surface area contributed by atoms with Crippen molar-refractivity contribution in [1.29, 1.82) is 0 Å². The van der Waals surface area contributed by atoms with Gasteiger partial charge in [0.1, 0.15) is 11.4 Å². The number of anilines is 3. The third-order valence-corrected chi connectivity index (χ3v) is 6.17. The largest absolute Gasteiger partial charge is 0.505 e. The fourth-order valence-electron chi connectivity index (χ4n) is 3.98. The Labute approximate surface area is 207 Å². The predicted molar refractivity (Wildman–Crippen MR) is 136 cm³/mol. The molecule has 0 saturated heterocycles. The van der Waals surface area contributed by atoms with E-state index in [4.69, 9.17) is 9.47 Å². The van der Waals surface area contributed by atoms with Gasteiger partial charge in [-0.25, -0.2) is 9.36 Å². The maximum absolute atomic E-state index is 13.3. The molecule has 190 valence electrons. The molecule has 0 fully saturated rings. The molecule has 1 atom stereocenters. The van der Waals surface area contributed by atoms with E-state index in [2.05, 4.69) is 10.6 Å². The van der Waals surface area contributed by atoms with Crippen molar-refractivity contribution in [2.24, 2.45) is 14.1 Å². The molecule has 0 bridgehead atoms. The normalized spacial score (nSPS) is 12.8. The Morgan fingerprint density at radius 1 is 1.06 bits per heavy atom. The van der Waals surface area contributed by atoms with Crippen molar-refractivity contribution in [3.8, 4) is 17.2 Å². The second-order valence-electron chi connectivity index (χ2n) is 8.65. The molecule has 36 heavy (non-hydrogen) atoms. The molecule has 1 aliphatic heterocycles. The van der Waals surface area contributed by atoms with Crippen LogP contribution in [0, 0.1) is 0 Å². The van der Waals surface area contributed by atoms with Crippen LogP contribution in [0.5, 0.6) is 17.2 Å². The van der Waals surface area contributed by atoms with Gasteiger partial charge in [-0.05, 0) is 36.2 Å². The van der Waals surface area contributed by atoms with E-state index < -0.39 is 17.0 Å². The van der Waals surface area contributed by atoms with Gasteiger partial charge in [0, 0.05) is 28.2 Å². The quantitative estimate of drug-likeness (QED) is 0.427. The molecule has 3 aromatic rings. The topological polar surface area (TPSA) is 127 Å². The Hall–Kier alpha value is -4.41. The van der Waals surface area contributed by atoms with Gasteiger partial charge >= 0.3 is 0 Å². The Morgan fingerprint density at radius 3 is 2.39 bits per heavy atom. The van der Waals surface area contributed by atoms with Gasteiger partial charge in [0.05, 0.1) is 17.3 Å². The Balaban J connectivity index is 1.79. The van der Waals surface area contributed by atoms with Gasteiger partial charge < -0.3 is 30.1 Å². The van der Waals surface area contributed by atoms with Crippen molar-refractivity contribution in [1.82, 2.24) is 14.3 Å². The lowest BCUT2D eigenvalue weighted by molar-refractivity contribution is 0.0824. The molecule has 0 unspecified atom stereocenters. The average molecular weight is 496 g/mol. The highest BCUT2D eigenvalue weighted by atomic mass is 16.7. The third-order valence-electron chi connectivity index (χ3n) is 6.17. The van der Waals surface area contributed by atoms with Crippen LogP contribution >= 0.6 is 0 Å². The number of ether oxygens (including phenoxy) is 2. The monoisotopic (exact) mass is 495 g/mol. The van der Waals surface area contributed by atoms with Gasteiger partial charge in [0.25, 0.3) is 17.0 Å². The average Bonchev–Trinajstić information content (AvgIpc) is 3.34. The number of nitrogens with one attached hydrogen (secondary N) is 2. The summed E-state index contributed by atoms with van der Waals surface area (Å²) < 4.78 is 13.2. The van der Waals surface area contributed by atoms with Gasteiger partial charge in [-0.15, -0.1) is 0 Å². The van der Waals surface area contributed by atoms with Gasteiger partial charge in [-0.3, -0.25) is 14.4 Å². The molecule has 1 aromatic heterocycles. The van der Waals surface area contributed by atoms with E-state index in [1.807, 2.05) is 19.1 Å². The van der Waals surface area contributed by atoms with Gasteiger partial charge in [-0.1, -0.05) is 19.1 Å². The van der Waals surface area contributed by atoms with Crippen LogP contribution in [0.2, 0.25) is 0 Å². The third kappa shape index (κ3) is 4.35. The van der Waals surface area contributed by atoms with Crippen molar-refractivity contribution >= 4 is 23.0 Å². The molecule has 11 nitrogen and oxygen atoms in total. The van der Waals surface area contributed by atoms with Crippen molar-refractivity contribution in [2.45, 2.75) is 19.4 Å². The highest BCUT2D eigenvalue weighted by Gasteiger charge is 2.24. The number of nitrogens with zero attached hydrogens (tertiary/aromatic N) is 3. The lowest BCUT2D eigenvalue weighted by atomic mass is 10.0. The number of amides is 1. The van der Waals surface area contributed by atoms with E-state index in [0.29, 0.717) is 17.9 Å². The molecular formula is C25H29N5O6. The number of phenols is 1. The molecule has 0 aliphatic carbocycles. The first kappa shape index (κ1) is 24.7. The number of hydrogen-bond acceptors (Lipinski definition) is 8. The predicted octanol–water partition coefficient (Wildman–Crippen LogP) is 2.53. The van der Waals surface area contributed by atoms with Crippen LogP contribution in [0.1, 0.15) is 35.3 Å². The summed E-state index contributed by atoms with van der Waals surface area (Å²) in [5, 5.41) is 16.9. The lowest BCUT2D eigenvalue weighted by Crippen LogP contribution is -2.38. The maximum atomic E-state index is 13.3. The van der Waals surface area contributed by atoms with Crippen molar-refractivity contribution < 1.29 is 19.4 Å². The number of aromatic hydroxyl groups is 1. The van der Waals surface area contributed by atoms with Crippen LogP contribution in [-0.4, -0.2) is 46.2 Å². The summed E-state index contributed by atoms with van der Waals surface area (Å²) in [6, 6.07) is 9.76. The SMILES string of the molecule is CC[C@@H](Nc1c(Nc2cccc(C(=O)N(C)C)c2O)c(=O)n(C)n(C)c1=O)c1ccc2c(c1)OCO2. The van der Waals surface area contributed by atoms with Crippen LogP contribution in [0.4, 0.5) is 17.1 Å². The van der Waals surface area contributed by atoms with E-state index in [9.17, 15) is 19.5 Å². The maximum Gasteiger partial charge on any atom is 0.290 e. The summed E-state index contributed by atoms with van der Waals surface area (Å²) in [5.74, 6) is 0.520. The number of carbonyl (C=O) groups excluding carboxylic acids is 1. The highest BCUT2D eigenvalue weighted by molar-refractivity contribution is 5.98. The van der Waals surface area contributed by atoms with E-state index in [1.54, 1.807) is 26.2 Å². The summed E-state index contributed by atoms with van der Waals surface area (Å²) in [5.41, 5.74) is 0.0668. The number of fused-ring (bicyclic) bond motifs is 1. The van der Waals surface area contributed by atoms with Crippen molar-refractivity contribution in [3.63, 3.8) is 0 Å². The molecule has 1 amide bonds. The summed E-state index contributed by atoms with van der Waals surface area (Å²) in [7, 11) is 6.11. The molecule has 2 heterocycles. The summed E-state index contributed by atoms with van der Waals surface area (Å²) in [6.07, 6.45) is 0.593. The second-order valence-corrected chi connectivity index (χ2v) is 8.65. The number of rotatable bonds is 7. The van der Waals surface area contributed by atoms with Crippen molar-refractivity contribution in [3.05, 3.63) is 68.2 Å². The molecule has 1 aliphatic rings. The van der Waals surface area contributed by atoms with Gasteiger partial charge in [0.2, 0.25) is 6.79 Å². The van der Waals surface area contributed by atoms with Crippen LogP contribution < -0.4 is 31.2 Å². The van der Waals surface area contributed by atoms with Crippen LogP contribution in [0.25, 0.3) is 0 Å². The second kappa shape index (κ2) is 9.68. The number of aromatic nitrogens is 2. The van der Waals surface area contributed by atoms with E-state index in [0.717, 1.165) is 5.56 Å². The van der Waals surface area contributed by atoms with Crippen LogP contribution in [-0.2, 0) is 14.1 Å². The van der Waals surface area contributed by atoms with Crippen molar-refractivity contribution in [2.75, 3.05) is 31.5 Å². The Morgan fingerprint density at radius 2 is 1.72 bits per heavy atom. The number of hydrogen-bond donors (Lipinski definition) is 3. The highest BCUT2D eigenvalue weighted by Crippen LogP contribution is 2.36. The number of benzene rings is 2. The molecular weight excluding hydrogens is 466 g/mol. The Bertz CT molecular complexity index is 1440. The zero-order valence-electron chi connectivity index (χ0n) is 20.8. The van der Waals surface area contributed by atoms with Gasteiger partial charge in [-0.2, -0.15) is 0 Å². The van der Waals surface area contributed by atoms with E-state index >= 15 is 0 Å². The lowest BCUT2D eigenvalue weighted by Gasteiger charge is -2.23. The molecule has 4 rings (SSSR count). The molecule has 0 spiro atoms. The van der Waals surface area contributed by atoms with Crippen LogP contribution in [0.15, 0.2) is 46.0 Å². The molecule has 3 N–H and O–H groups in total. The molecule has 11 heteroatoms. The minimum Gasteiger partial charge on any atom is -0.505 e. The summed E-state index contributed by atoms with van der Waals surface area (Å²) in [6.45, 7) is 2.09. The number of para-hydroxylation sites is 1. The van der Waals surface area contributed by atoms with Crippen LogP contribution in [0.3, 0.4) is 0 Å². The van der Waals surface area contributed by atoms with Gasteiger partial charge in [0.15, 0.2) is 17.2 Å². The smallest absolute Gasteiger partial charge is 0.290 e. The minimum atomic E-state index is -0.496. The summed E-state index contributed by atoms with van der Waals surface area (Å²) in [4.78, 5) is 40.4. The molecule has 2 aromatic carbocycles.